The Morgan fingerprint density at radius 1 is 0.333 bits per heavy atom. The van der Waals surface area contributed by atoms with Crippen molar-refractivity contribution in [3.05, 3.63) is 220 Å². The molecule has 4 aliphatic carbocycles. The van der Waals surface area contributed by atoms with E-state index in [-0.39, 0.29) is 5.41 Å². The summed E-state index contributed by atoms with van der Waals surface area (Å²) in [5.41, 5.74) is 25.0. The van der Waals surface area contributed by atoms with E-state index in [1.807, 2.05) is 0 Å². The summed E-state index contributed by atoms with van der Waals surface area (Å²) in [5.74, 6) is 0. The Morgan fingerprint density at radius 2 is 0.719 bits per heavy atom. The Bertz CT molecular complexity index is 2890. The summed E-state index contributed by atoms with van der Waals surface area (Å²) in [6, 6.07) is 67.1. The van der Waals surface area contributed by atoms with Crippen molar-refractivity contribution in [3.8, 4) is 44.5 Å². The molecule has 0 saturated heterocycles. The van der Waals surface area contributed by atoms with Crippen LogP contribution in [0, 0.1) is 13.8 Å². The Labute approximate surface area is 335 Å². The first kappa shape index (κ1) is 32.8. The molecule has 1 fully saturated rings. The summed E-state index contributed by atoms with van der Waals surface area (Å²) in [6.45, 7) is 4.49. The van der Waals surface area contributed by atoms with Crippen LogP contribution in [0.3, 0.4) is 0 Å². The minimum Gasteiger partial charge on any atom is -0.310 e. The van der Waals surface area contributed by atoms with Crippen LogP contribution in [0.15, 0.2) is 176 Å². The molecular formula is C56H43N. The SMILES string of the molecule is Cc1ccccc1-c1ccc(N(c2ccc3c(c2)C2(CCCC2)c2ccccc2-3)c2ccc3c(c2)C2(c4ccccc4-c4ccccc42)c2ccccc2-3)cc1C. The van der Waals surface area contributed by atoms with Gasteiger partial charge in [-0.3, -0.25) is 0 Å². The molecule has 57 heavy (non-hydrogen) atoms. The Morgan fingerprint density at radius 3 is 1.26 bits per heavy atom. The fraction of sp³-hybridized carbons (Fsp3) is 0.143. The molecule has 0 heterocycles. The third-order valence-corrected chi connectivity index (χ3v) is 14.1. The summed E-state index contributed by atoms with van der Waals surface area (Å²) < 4.78 is 0. The number of hydrogen-bond acceptors (Lipinski definition) is 1. The third kappa shape index (κ3) is 4.35. The molecule has 0 bridgehead atoms. The van der Waals surface area contributed by atoms with Gasteiger partial charge in [0.05, 0.1) is 5.41 Å². The largest absolute Gasteiger partial charge is 0.310 e. The molecule has 0 atom stereocenters. The van der Waals surface area contributed by atoms with E-state index in [9.17, 15) is 0 Å². The van der Waals surface area contributed by atoms with E-state index in [0.717, 1.165) is 0 Å². The molecule has 0 radical (unpaired) electrons. The van der Waals surface area contributed by atoms with E-state index in [1.165, 1.54) is 132 Å². The van der Waals surface area contributed by atoms with E-state index in [0.29, 0.717) is 0 Å². The first-order valence-electron chi connectivity index (χ1n) is 20.7. The summed E-state index contributed by atoms with van der Waals surface area (Å²) in [6.07, 6.45) is 4.97. The molecule has 272 valence electrons. The quantitative estimate of drug-likeness (QED) is 0.174. The predicted molar refractivity (Wildman–Crippen MR) is 237 cm³/mol. The number of hydrogen-bond donors (Lipinski definition) is 0. The molecule has 8 aromatic rings. The molecule has 2 spiro atoms. The van der Waals surface area contributed by atoms with Crippen molar-refractivity contribution in [1.82, 2.24) is 0 Å². The zero-order valence-electron chi connectivity index (χ0n) is 32.5. The highest BCUT2D eigenvalue weighted by atomic mass is 15.1. The van der Waals surface area contributed by atoms with Crippen LogP contribution in [0.4, 0.5) is 17.1 Å². The van der Waals surface area contributed by atoms with Gasteiger partial charge in [0.25, 0.3) is 0 Å². The molecule has 4 aliphatic rings. The molecule has 1 nitrogen and oxygen atoms in total. The maximum atomic E-state index is 2.56. The van der Waals surface area contributed by atoms with Crippen LogP contribution >= 0.6 is 0 Å². The molecular weight excluding hydrogens is 687 g/mol. The molecule has 0 N–H and O–H groups in total. The van der Waals surface area contributed by atoms with E-state index in [4.69, 9.17) is 0 Å². The van der Waals surface area contributed by atoms with Crippen molar-refractivity contribution < 1.29 is 0 Å². The Balaban J connectivity index is 1.11. The van der Waals surface area contributed by atoms with Crippen molar-refractivity contribution in [2.75, 3.05) is 4.90 Å². The smallest absolute Gasteiger partial charge is 0.0726 e. The molecule has 8 aromatic carbocycles. The van der Waals surface area contributed by atoms with Crippen LogP contribution in [0.5, 0.6) is 0 Å². The maximum absolute atomic E-state index is 2.56. The van der Waals surface area contributed by atoms with Gasteiger partial charge in [0.15, 0.2) is 0 Å². The highest BCUT2D eigenvalue weighted by molar-refractivity contribution is 5.96. The molecule has 0 amide bonds. The van der Waals surface area contributed by atoms with Crippen molar-refractivity contribution in [2.24, 2.45) is 0 Å². The molecule has 1 saturated carbocycles. The van der Waals surface area contributed by atoms with Crippen LogP contribution in [-0.2, 0) is 10.8 Å². The van der Waals surface area contributed by atoms with Crippen molar-refractivity contribution in [2.45, 2.75) is 50.4 Å². The van der Waals surface area contributed by atoms with Crippen LogP contribution in [0.1, 0.15) is 70.2 Å². The molecule has 0 aromatic heterocycles. The zero-order valence-corrected chi connectivity index (χ0v) is 32.5. The number of rotatable bonds is 4. The monoisotopic (exact) mass is 729 g/mol. The summed E-state index contributed by atoms with van der Waals surface area (Å²) in [7, 11) is 0. The summed E-state index contributed by atoms with van der Waals surface area (Å²) >= 11 is 0. The van der Waals surface area contributed by atoms with Crippen molar-refractivity contribution >= 4 is 17.1 Å². The van der Waals surface area contributed by atoms with Gasteiger partial charge in [-0.05, 0) is 152 Å². The van der Waals surface area contributed by atoms with E-state index >= 15 is 0 Å². The highest BCUT2D eigenvalue weighted by Crippen LogP contribution is 2.64. The van der Waals surface area contributed by atoms with Gasteiger partial charge in [-0.1, -0.05) is 152 Å². The third-order valence-electron chi connectivity index (χ3n) is 14.1. The molecule has 0 unspecified atom stereocenters. The number of aryl methyl sites for hydroxylation is 2. The number of fused-ring (bicyclic) bond motifs is 15. The second-order valence-corrected chi connectivity index (χ2v) is 16.8. The molecule has 1 heteroatoms. The van der Waals surface area contributed by atoms with Crippen LogP contribution in [0.2, 0.25) is 0 Å². The lowest BCUT2D eigenvalue weighted by atomic mass is 9.70. The van der Waals surface area contributed by atoms with E-state index < -0.39 is 5.41 Å². The number of anilines is 3. The summed E-state index contributed by atoms with van der Waals surface area (Å²) in [5, 5.41) is 0. The Kier molecular flexibility index (Phi) is 6.92. The lowest BCUT2D eigenvalue weighted by Gasteiger charge is -2.33. The van der Waals surface area contributed by atoms with E-state index in [2.05, 4.69) is 195 Å². The van der Waals surface area contributed by atoms with Crippen LogP contribution < -0.4 is 4.90 Å². The van der Waals surface area contributed by atoms with Gasteiger partial charge in [-0.2, -0.15) is 0 Å². The number of nitrogens with zero attached hydrogens (tertiary/aromatic N) is 1. The lowest BCUT2D eigenvalue weighted by molar-refractivity contribution is 0.550. The van der Waals surface area contributed by atoms with Gasteiger partial charge in [-0.25, -0.2) is 0 Å². The topological polar surface area (TPSA) is 3.24 Å². The van der Waals surface area contributed by atoms with Crippen molar-refractivity contribution in [1.29, 1.82) is 0 Å². The van der Waals surface area contributed by atoms with Gasteiger partial charge in [0.2, 0.25) is 0 Å². The number of benzene rings is 8. The second-order valence-electron chi connectivity index (χ2n) is 16.8. The van der Waals surface area contributed by atoms with Gasteiger partial charge in [-0.15, -0.1) is 0 Å². The predicted octanol–water partition coefficient (Wildman–Crippen LogP) is 14.6. The summed E-state index contributed by atoms with van der Waals surface area (Å²) in [4.78, 5) is 2.55. The molecule has 0 aliphatic heterocycles. The average Bonchev–Trinajstić information content (AvgIpc) is 4.01. The van der Waals surface area contributed by atoms with Crippen LogP contribution in [-0.4, -0.2) is 0 Å². The van der Waals surface area contributed by atoms with Crippen LogP contribution in [0.25, 0.3) is 44.5 Å². The van der Waals surface area contributed by atoms with E-state index in [1.54, 1.807) is 0 Å². The zero-order chi connectivity index (χ0) is 37.9. The molecule has 12 rings (SSSR count). The van der Waals surface area contributed by atoms with Gasteiger partial charge < -0.3 is 4.90 Å². The first-order chi connectivity index (χ1) is 28.1. The standard InChI is InChI=1S/C56H43N/c1-36-15-3-4-16-41(36)42-28-25-38(33-37(42)2)57(39-26-29-47-43-17-5-9-21-49(43)55(53(47)34-39)31-13-14-32-55)40-27-30-48-46-20-8-12-24-52(46)56(54(48)35-40)50-22-10-6-18-44(50)45-19-7-11-23-51(45)56/h3-12,15-30,33-35H,13-14,31-32H2,1-2H3. The lowest BCUT2D eigenvalue weighted by Crippen LogP contribution is -2.26. The maximum Gasteiger partial charge on any atom is 0.0726 e. The van der Waals surface area contributed by atoms with Gasteiger partial charge in [0.1, 0.15) is 0 Å². The first-order valence-corrected chi connectivity index (χ1v) is 20.7. The van der Waals surface area contributed by atoms with Gasteiger partial charge in [0, 0.05) is 22.5 Å². The van der Waals surface area contributed by atoms with Gasteiger partial charge >= 0.3 is 0 Å². The van der Waals surface area contributed by atoms with Crippen molar-refractivity contribution in [3.63, 3.8) is 0 Å². The highest BCUT2D eigenvalue weighted by Gasteiger charge is 2.52. The fourth-order valence-electron chi connectivity index (χ4n) is 11.7. The average molecular weight is 730 g/mol. The minimum absolute atomic E-state index is 0.0825. The minimum atomic E-state index is -0.404. The fourth-order valence-corrected chi connectivity index (χ4v) is 11.7. The Hall–Kier alpha value is -6.44. The second kappa shape index (κ2) is 12.0. The normalized spacial score (nSPS) is 15.5.